The maximum Gasteiger partial charge on any atom is 0.322 e. The Morgan fingerprint density at radius 1 is 0.879 bits per heavy atom. The number of carbonyl (C=O) groups excluding carboxylic acids is 2. The lowest BCUT2D eigenvalue weighted by atomic mass is 10.2. The van der Waals surface area contributed by atoms with Crippen LogP contribution < -0.4 is 15.4 Å². The van der Waals surface area contributed by atoms with Crippen LogP contribution >= 0.6 is 0 Å². The number of amides is 3. The van der Waals surface area contributed by atoms with Gasteiger partial charge in [0.1, 0.15) is 23.4 Å². The van der Waals surface area contributed by atoms with Gasteiger partial charge in [0.2, 0.25) is 10.0 Å². The Labute approximate surface area is 190 Å². The Morgan fingerprint density at radius 3 is 2.06 bits per heavy atom. The van der Waals surface area contributed by atoms with Gasteiger partial charge in [-0.2, -0.15) is 4.31 Å². The monoisotopic (exact) mass is 469 g/mol. The summed E-state index contributed by atoms with van der Waals surface area (Å²) in [6, 6.07) is 18.4. The van der Waals surface area contributed by atoms with Crippen molar-refractivity contribution in [2.75, 3.05) is 6.54 Å². The molecule has 0 aliphatic carbocycles. The fourth-order valence-electron chi connectivity index (χ4n) is 3.29. The predicted molar refractivity (Wildman–Crippen MR) is 117 cm³/mol. The molecule has 1 fully saturated rings. The van der Waals surface area contributed by atoms with E-state index in [9.17, 15) is 22.4 Å². The molecule has 1 aliphatic heterocycles. The third-order valence-electron chi connectivity index (χ3n) is 4.96. The molecule has 2 N–H and O–H groups in total. The van der Waals surface area contributed by atoms with Gasteiger partial charge in [0.05, 0.1) is 4.90 Å². The average molecular weight is 469 g/mol. The molecule has 1 atom stereocenters. The minimum absolute atomic E-state index is 0.00498. The SMILES string of the molecule is O=C1NC(=O)C(CN(Cc2ccccc2)S(=O)(=O)c2ccc(Oc3ccc(F)cc3)cc2)N1. The molecule has 0 bridgehead atoms. The molecule has 3 aromatic carbocycles. The fraction of sp³-hybridized carbons (Fsp3) is 0.130. The highest BCUT2D eigenvalue weighted by molar-refractivity contribution is 7.89. The van der Waals surface area contributed by atoms with Gasteiger partial charge in [0.15, 0.2) is 0 Å². The summed E-state index contributed by atoms with van der Waals surface area (Å²) in [6.07, 6.45) is 0. The van der Waals surface area contributed by atoms with Crippen LogP contribution in [0.25, 0.3) is 0 Å². The van der Waals surface area contributed by atoms with E-state index in [1.165, 1.54) is 48.5 Å². The van der Waals surface area contributed by atoms with Gasteiger partial charge < -0.3 is 10.1 Å². The average Bonchev–Trinajstić information content (AvgIpc) is 3.12. The van der Waals surface area contributed by atoms with E-state index in [0.29, 0.717) is 11.5 Å². The largest absolute Gasteiger partial charge is 0.457 e. The molecule has 170 valence electrons. The van der Waals surface area contributed by atoms with E-state index in [4.69, 9.17) is 4.74 Å². The van der Waals surface area contributed by atoms with E-state index >= 15 is 0 Å². The predicted octanol–water partition coefficient (Wildman–Crippen LogP) is 3.02. The topological polar surface area (TPSA) is 105 Å². The molecule has 8 nitrogen and oxygen atoms in total. The number of carbonyl (C=O) groups is 2. The number of nitrogens with zero attached hydrogens (tertiary/aromatic N) is 1. The van der Waals surface area contributed by atoms with Gasteiger partial charge in [-0.05, 0) is 54.1 Å². The quantitative estimate of drug-likeness (QED) is 0.494. The number of benzene rings is 3. The molecule has 3 aromatic rings. The van der Waals surface area contributed by atoms with Crippen LogP contribution in [0.1, 0.15) is 5.56 Å². The number of nitrogens with one attached hydrogen (secondary N) is 2. The second kappa shape index (κ2) is 9.39. The number of hydrogen-bond donors (Lipinski definition) is 2. The summed E-state index contributed by atoms with van der Waals surface area (Å²) in [7, 11) is -4.03. The van der Waals surface area contributed by atoms with E-state index in [2.05, 4.69) is 10.6 Å². The molecular weight excluding hydrogens is 449 g/mol. The van der Waals surface area contributed by atoms with Crippen LogP contribution in [0.2, 0.25) is 0 Å². The smallest absolute Gasteiger partial charge is 0.322 e. The van der Waals surface area contributed by atoms with Crippen molar-refractivity contribution in [3.8, 4) is 11.5 Å². The first kappa shape index (κ1) is 22.4. The van der Waals surface area contributed by atoms with Crippen molar-refractivity contribution in [2.24, 2.45) is 0 Å². The van der Waals surface area contributed by atoms with Crippen molar-refractivity contribution in [1.29, 1.82) is 0 Å². The summed E-state index contributed by atoms with van der Waals surface area (Å²) in [5.74, 6) is -0.205. The van der Waals surface area contributed by atoms with Crippen molar-refractivity contribution in [1.82, 2.24) is 14.9 Å². The van der Waals surface area contributed by atoms with Crippen LogP contribution in [-0.2, 0) is 21.4 Å². The van der Waals surface area contributed by atoms with Gasteiger partial charge in [-0.15, -0.1) is 0 Å². The second-order valence-corrected chi connectivity index (χ2v) is 9.26. The normalized spacial score (nSPS) is 15.9. The van der Waals surface area contributed by atoms with E-state index in [-0.39, 0.29) is 18.0 Å². The van der Waals surface area contributed by atoms with E-state index in [1.807, 2.05) is 6.07 Å². The molecule has 10 heteroatoms. The maximum absolute atomic E-state index is 13.4. The van der Waals surface area contributed by atoms with Gasteiger partial charge >= 0.3 is 6.03 Å². The molecule has 0 radical (unpaired) electrons. The number of imide groups is 1. The first-order valence-corrected chi connectivity index (χ1v) is 11.4. The Kier molecular flexibility index (Phi) is 6.38. The second-order valence-electron chi connectivity index (χ2n) is 7.33. The van der Waals surface area contributed by atoms with Crippen LogP contribution in [0.15, 0.2) is 83.8 Å². The zero-order valence-electron chi connectivity index (χ0n) is 17.3. The van der Waals surface area contributed by atoms with E-state index in [0.717, 1.165) is 9.87 Å². The summed E-state index contributed by atoms with van der Waals surface area (Å²) < 4.78 is 46.7. The number of rotatable bonds is 8. The lowest BCUT2D eigenvalue weighted by Gasteiger charge is -2.24. The molecule has 33 heavy (non-hydrogen) atoms. The summed E-state index contributed by atoms with van der Waals surface area (Å²) >= 11 is 0. The highest BCUT2D eigenvalue weighted by atomic mass is 32.2. The molecular formula is C23H20FN3O5S. The Balaban J connectivity index is 1.57. The maximum atomic E-state index is 13.4. The standard InChI is InChI=1S/C23H20FN3O5S/c24-17-6-8-18(9-7-17)32-19-10-12-20(13-11-19)33(30,31)27(14-16-4-2-1-3-5-16)15-21-22(28)26-23(29)25-21/h1-13,21H,14-15H2,(H2,25,26,28,29). The highest BCUT2D eigenvalue weighted by Crippen LogP contribution is 2.25. The number of ether oxygens (including phenoxy) is 1. The molecule has 1 heterocycles. The van der Waals surface area contributed by atoms with E-state index in [1.54, 1.807) is 24.3 Å². The molecule has 1 saturated heterocycles. The van der Waals surface area contributed by atoms with Crippen LogP contribution in [0, 0.1) is 5.82 Å². The van der Waals surface area contributed by atoms with Crippen LogP contribution in [0.5, 0.6) is 11.5 Å². The highest BCUT2D eigenvalue weighted by Gasteiger charge is 2.35. The van der Waals surface area contributed by atoms with Crippen molar-refractivity contribution < 1.29 is 27.1 Å². The lowest BCUT2D eigenvalue weighted by molar-refractivity contribution is -0.120. The molecule has 3 amide bonds. The van der Waals surface area contributed by atoms with Gasteiger partial charge in [0, 0.05) is 13.1 Å². The zero-order valence-corrected chi connectivity index (χ0v) is 18.1. The number of hydrogen-bond acceptors (Lipinski definition) is 5. The van der Waals surface area contributed by atoms with Gasteiger partial charge in [-0.1, -0.05) is 30.3 Å². The van der Waals surface area contributed by atoms with Crippen LogP contribution in [-0.4, -0.2) is 37.2 Å². The Morgan fingerprint density at radius 2 is 1.48 bits per heavy atom. The lowest BCUT2D eigenvalue weighted by Crippen LogP contribution is -2.44. The van der Waals surface area contributed by atoms with Crippen molar-refractivity contribution in [2.45, 2.75) is 17.5 Å². The summed E-state index contributed by atoms with van der Waals surface area (Å²) in [6.45, 7) is -0.223. The summed E-state index contributed by atoms with van der Waals surface area (Å²) in [5, 5.41) is 4.54. The van der Waals surface area contributed by atoms with Gasteiger partial charge in [-0.25, -0.2) is 17.6 Å². The molecule has 0 aromatic heterocycles. The first-order valence-electron chi connectivity index (χ1n) is 10.0. The Bertz CT molecular complexity index is 1250. The third kappa shape index (κ3) is 5.36. The molecule has 1 unspecified atom stereocenters. The molecule has 0 saturated carbocycles. The van der Waals surface area contributed by atoms with Crippen LogP contribution in [0.3, 0.4) is 0 Å². The van der Waals surface area contributed by atoms with Crippen molar-refractivity contribution in [3.05, 3.63) is 90.2 Å². The van der Waals surface area contributed by atoms with Crippen molar-refractivity contribution in [3.63, 3.8) is 0 Å². The zero-order chi connectivity index (χ0) is 23.4. The number of halogens is 1. The molecule has 4 rings (SSSR count). The summed E-state index contributed by atoms with van der Waals surface area (Å²) in [4.78, 5) is 23.5. The number of urea groups is 1. The number of sulfonamides is 1. The molecule has 1 aliphatic rings. The van der Waals surface area contributed by atoms with Gasteiger partial charge in [-0.3, -0.25) is 10.1 Å². The minimum atomic E-state index is -4.03. The van der Waals surface area contributed by atoms with Crippen LogP contribution in [0.4, 0.5) is 9.18 Å². The molecule has 0 spiro atoms. The fourth-order valence-corrected chi connectivity index (χ4v) is 4.74. The minimum Gasteiger partial charge on any atom is -0.457 e. The summed E-state index contributed by atoms with van der Waals surface area (Å²) in [5.41, 5.74) is 0.724. The van der Waals surface area contributed by atoms with E-state index < -0.39 is 33.8 Å². The third-order valence-corrected chi connectivity index (χ3v) is 6.78. The van der Waals surface area contributed by atoms with Crippen molar-refractivity contribution >= 4 is 22.0 Å². The Hall–Kier alpha value is -3.76. The first-order chi connectivity index (χ1) is 15.8. The van der Waals surface area contributed by atoms with Gasteiger partial charge in [0.25, 0.3) is 5.91 Å².